The lowest BCUT2D eigenvalue weighted by molar-refractivity contribution is -0.223. The smallest absolute Gasteiger partial charge is 0.382 e. The summed E-state index contributed by atoms with van der Waals surface area (Å²) in [5, 5.41) is 0. The fourth-order valence-electron chi connectivity index (χ4n) is 4.99. The summed E-state index contributed by atoms with van der Waals surface area (Å²) < 4.78 is 56.8. The maximum Gasteiger partial charge on any atom is 0.403 e. The zero-order valence-corrected chi connectivity index (χ0v) is 20.9. The molecule has 1 aromatic rings. The summed E-state index contributed by atoms with van der Waals surface area (Å²) in [6.45, 7) is 3.54. The van der Waals surface area contributed by atoms with Gasteiger partial charge in [0.2, 0.25) is 11.9 Å². The van der Waals surface area contributed by atoms with Crippen LogP contribution in [-0.4, -0.2) is 104 Å². The molecular formula is C23H33F3N6O5. The molecule has 3 aliphatic heterocycles. The average molecular weight is 531 g/mol. The molecule has 14 heteroatoms. The Hall–Kier alpha value is -2.55. The summed E-state index contributed by atoms with van der Waals surface area (Å²) in [7, 11) is 1.39. The number of piperidine rings is 1. The number of aromatic nitrogens is 2. The minimum Gasteiger partial charge on any atom is -0.382 e. The quantitative estimate of drug-likeness (QED) is 0.473. The number of methoxy groups -OCH3 is 1. The lowest BCUT2D eigenvalue weighted by Gasteiger charge is -2.36. The van der Waals surface area contributed by atoms with E-state index in [1.807, 2.05) is 17.2 Å². The van der Waals surface area contributed by atoms with Crippen LogP contribution in [0.2, 0.25) is 0 Å². The largest absolute Gasteiger partial charge is 0.403 e. The number of hydrogen-bond acceptors (Lipinski definition) is 9. The van der Waals surface area contributed by atoms with Crippen LogP contribution < -0.4 is 15.8 Å². The number of alkyl halides is 3. The predicted molar refractivity (Wildman–Crippen MR) is 124 cm³/mol. The number of halogens is 3. The monoisotopic (exact) mass is 530 g/mol. The van der Waals surface area contributed by atoms with Gasteiger partial charge in [-0.3, -0.25) is 15.0 Å². The highest BCUT2D eigenvalue weighted by Crippen LogP contribution is 2.32. The van der Waals surface area contributed by atoms with E-state index in [0.29, 0.717) is 18.9 Å². The number of amides is 2. The standard InChI is InChI=1S/C23H33F3N6O5/c1-14-9-27-22(28-10-14)31-6-3-15(4-7-31)32-8-5-17(21(32)34)36-13-16(12-35-2)37-18-11-29-30-20(33)19(18)23(24,25)26/h9-10,15-19,29H,3-8,11-13H2,1-2H3,(H,30,33)/t16-,17-,18?,19?/m0/s1. The van der Waals surface area contributed by atoms with Gasteiger partial charge in [-0.1, -0.05) is 0 Å². The van der Waals surface area contributed by atoms with Crippen molar-refractivity contribution in [2.45, 2.75) is 56.7 Å². The molecule has 4 atom stereocenters. The van der Waals surface area contributed by atoms with E-state index in [4.69, 9.17) is 14.2 Å². The molecular weight excluding hydrogens is 497 g/mol. The van der Waals surface area contributed by atoms with Gasteiger partial charge in [-0.05, 0) is 25.3 Å². The maximum atomic E-state index is 13.4. The molecule has 37 heavy (non-hydrogen) atoms. The van der Waals surface area contributed by atoms with Crippen LogP contribution in [0.15, 0.2) is 12.4 Å². The second-order valence-corrected chi connectivity index (χ2v) is 9.56. The number of aryl methyl sites for hydroxylation is 1. The molecule has 3 fully saturated rings. The van der Waals surface area contributed by atoms with Gasteiger partial charge in [0.25, 0.3) is 5.91 Å². The summed E-state index contributed by atoms with van der Waals surface area (Å²) in [5.41, 5.74) is 5.41. The van der Waals surface area contributed by atoms with E-state index >= 15 is 0 Å². The first-order chi connectivity index (χ1) is 17.7. The van der Waals surface area contributed by atoms with Crippen molar-refractivity contribution >= 4 is 17.8 Å². The number of hydrogen-bond donors (Lipinski definition) is 2. The molecule has 2 unspecified atom stereocenters. The molecule has 3 saturated heterocycles. The van der Waals surface area contributed by atoms with Gasteiger partial charge in [-0.2, -0.15) is 13.2 Å². The highest BCUT2D eigenvalue weighted by molar-refractivity contribution is 5.83. The van der Waals surface area contributed by atoms with Crippen molar-refractivity contribution in [1.82, 2.24) is 25.7 Å². The molecule has 0 aromatic carbocycles. The Labute approximate surface area is 213 Å². The fourth-order valence-corrected chi connectivity index (χ4v) is 4.99. The van der Waals surface area contributed by atoms with E-state index in [1.54, 1.807) is 12.4 Å². The molecule has 0 spiro atoms. The molecule has 2 N–H and O–H groups in total. The zero-order chi connectivity index (χ0) is 26.6. The first-order valence-electron chi connectivity index (χ1n) is 12.4. The Balaban J connectivity index is 1.28. The second kappa shape index (κ2) is 11.9. The van der Waals surface area contributed by atoms with Crippen molar-refractivity contribution in [3.63, 3.8) is 0 Å². The third-order valence-corrected chi connectivity index (χ3v) is 6.87. The van der Waals surface area contributed by atoms with Gasteiger partial charge in [0.1, 0.15) is 12.2 Å². The summed E-state index contributed by atoms with van der Waals surface area (Å²) in [6.07, 6.45) is -2.19. The van der Waals surface area contributed by atoms with E-state index < -0.39 is 36.3 Å². The molecule has 0 saturated carbocycles. The van der Waals surface area contributed by atoms with E-state index in [9.17, 15) is 22.8 Å². The second-order valence-electron chi connectivity index (χ2n) is 9.56. The summed E-state index contributed by atoms with van der Waals surface area (Å²) in [6, 6.07) is 0.0770. The molecule has 0 bridgehead atoms. The highest BCUT2D eigenvalue weighted by Gasteiger charge is 2.52. The van der Waals surface area contributed by atoms with Crippen molar-refractivity contribution in [3.8, 4) is 0 Å². The Bertz CT molecular complexity index is 928. The third-order valence-electron chi connectivity index (χ3n) is 6.87. The summed E-state index contributed by atoms with van der Waals surface area (Å²) in [4.78, 5) is 37.6. The number of hydrazine groups is 1. The van der Waals surface area contributed by atoms with Gasteiger partial charge in [-0.25, -0.2) is 15.4 Å². The molecule has 1 aromatic heterocycles. The van der Waals surface area contributed by atoms with Gasteiger partial charge >= 0.3 is 6.18 Å². The van der Waals surface area contributed by atoms with Crippen LogP contribution in [0, 0.1) is 12.8 Å². The Morgan fingerprint density at radius 1 is 1.11 bits per heavy atom. The number of carbonyl (C=O) groups is 2. The number of anilines is 1. The van der Waals surface area contributed by atoms with Gasteiger partial charge < -0.3 is 24.0 Å². The SMILES string of the molecule is COC[C@@H](CO[C@H]1CCN(C2CCN(c3ncc(C)cn3)CC2)C1=O)OC1CNNC(=O)C1C(F)(F)F. The van der Waals surface area contributed by atoms with Gasteiger partial charge in [-0.15, -0.1) is 0 Å². The van der Waals surface area contributed by atoms with Crippen LogP contribution >= 0.6 is 0 Å². The van der Waals surface area contributed by atoms with Crippen molar-refractivity contribution in [2.75, 3.05) is 51.4 Å². The lowest BCUT2D eigenvalue weighted by Crippen LogP contribution is -2.61. The van der Waals surface area contributed by atoms with Gasteiger partial charge in [0.05, 0.1) is 19.3 Å². The normalized spacial score (nSPS) is 26.5. The predicted octanol–water partition coefficient (Wildman–Crippen LogP) is 0.584. The highest BCUT2D eigenvalue weighted by atomic mass is 19.4. The van der Waals surface area contributed by atoms with E-state index in [2.05, 4.69) is 20.3 Å². The summed E-state index contributed by atoms with van der Waals surface area (Å²) in [5.74, 6) is -2.97. The number of nitrogens with zero attached hydrogens (tertiary/aromatic N) is 4. The molecule has 0 radical (unpaired) electrons. The van der Waals surface area contributed by atoms with Crippen LogP contribution in [0.4, 0.5) is 19.1 Å². The average Bonchev–Trinajstić information content (AvgIpc) is 3.22. The third kappa shape index (κ3) is 6.67. The van der Waals surface area contributed by atoms with Gasteiger partial charge in [0, 0.05) is 58.1 Å². The van der Waals surface area contributed by atoms with Crippen molar-refractivity contribution in [2.24, 2.45) is 5.92 Å². The van der Waals surface area contributed by atoms with Crippen LogP contribution in [0.25, 0.3) is 0 Å². The maximum absolute atomic E-state index is 13.4. The fraction of sp³-hybridized carbons (Fsp3) is 0.739. The number of carbonyl (C=O) groups excluding carboxylic acids is 2. The topological polar surface area (TPSA) is 118 Å². The van der Waals surface area contributed by atoms with E-state index in [1.165, 1.54) is 7.11 Å². The molecule has 2 amide bonds. The van der Waals surface area contributed by atoms with Crippen LogP contribution in [0.1, 0.15) is 24.8 Å². The van der Waals surface area contributed by atoms with Crippen molar-refractivity contribution in [1.29, 1.82) is 0 Å². The Morgan fingerprint density at radius 2 is 1.81 bits per heavy atom. The minimum atomic E-state index is -4.77. The Morgan fingerprint density at radius 3 is 2.46 bits per heavy atom. The van der Waals surface area contributed by atoms with Crippen molar-refractivity contribution < 1.29 is 37.0 Å². The van der Waals surface area contributed by atoms with E-state index in [0.717, 1.165) is 31.5 Å². The first-order valence-corrected chi connectivity index (χ1v) is 12.4. The number of likely N-dealkylation sites (tertiary alicyclic amines) is 1. The van der Waals surface area contributed by atoms with Crippen LogP contribution in [0.5, 0.6) is 0 Å². The van der Waals surface area contributed by atoms with Gasteiger partial charge in [0.15, 0.2) is 5.92 Å². The number of ether oxygens (including phenoxy) is 3. The molecule has 11 nitrogen and oxygen atoms in total. The Kier molecular flexibility index (Phi) is 8.82. The molecule has 206 valence electrons. The zero-order valence-electron chi connectivity index (χ0n) is 20.9. The number of rotatable bonds is 9. The molecule has 3 aliphatic rings. The molecule has 0 aliphatic carbocycles. The van der Waals surface area contributed by atoms with Crippen LogP contribution in [0.3, 0.4) is 0 Å². The van der Waals surface area contributed by atoms with Crippen LogP contribution in [-0.2, 0) is 23.8 Å². The van der Waals surface area contributed by atoms with E-state index in [-0.39, 0.29) is 31.7 Å². The lowest BCUT2D eigenvalue weighted by atomic mass is 9.99. The van der Waals surface area contributed by atoms with Crippen molar-refractivity contribution in [3.05, 3.63) is 18.0 Å². The molecule has 4 heterocycles. The first kappa shape index (κ1) is 27.5. The summed E-state index contributed by atoms with van der Waals surface area (Å²) >= 11 is 0. The minimum absolute atomic E-state index is 0.0487. The number of nitrogens with one attached hydrogen (secondary N) is 2. The molecule has 4 rings (SSSR count).